The number of ether oxygens (including phenoxy) is 9. The number of methoxy groups -OCH3 is 2. The highest BCUT2D eigenvalue weighted by Crippen LogP contribution is 2.39. The van der Waals surface area contributed by atoms with Gasteiger partial charge in [0.1, 0.15) is 12.7 Å². The molecule has 332 valence electrons. The van der Waals surface area contributed by atoms with Gasteiger partial charge in [0.2, 0.25) is 29.8 Å². The SMILES string of the molecule is CCCCCCCCOc1c(O[C@@H]2O[C@H](COC(C)=O)[C@H](OC(C)=O)[C@H](OC(C)=O)[C@H]2OC(C)=O)c2ccc(NC(=O)/C=C/c3cc(OC)c(O)c(OC)c3)cc2n(C)c1=O. The third-order valence-corrected chi connectivity index (χ3v) is 9.43. The number of hydrogen-bond donors (Lipinski definition) is 2. The number of fused-ring (bicyclic) bond motifs is 1. The summed E-state index contributed by atoms with van der Waals surface area (Å²) in [5.41, 5.74) is 0.433. The third kappa shape index (κ3) is 12.8. The molecule has 3 aromatic rings. The molecule has 1 saturated heterocycles. The predicted octanol–water partition coefficient (Wildman–Crippen LogP) is 5.11. The first-order chi connectivity index (χ1) is 29.1. The minimum Gasteiger partial charge on any atom is -0.502 e. The molecular weight excluding hydrogens is 800 g/mol. The van der Waals surface area contributed by atoms with Crippen LogP contribution in [0, 0.1) is 0 Å². The van der Waals surface area contributed by atoms with Crippen LogP contribution in [0.3, 0.4) is 0 Å². The summed E-state index contributed by atoms with van der Waals surface area (Å²) in [7, 11) is 4.27. The maximum Gasteiger partial charge on any atom is 0.303 e. The zero-order valence-electron chi connectivity index (χ0n) is 35.6. The van der Waals surface area contributed by atoms with Crippen LogP contribution >= 0.6 is 0 Å². The lowest BCUT2D eigenvalue weighted by molar-refractivity contribution is -0.288. The monoisotopic (exact) mass is 854 g/mol. The van der Waals surface area contributed by atoms with Gasteiger partial charge < -0.3 is 57.6 Å². The highest BCUT2D eigenvalue weighted by atomic mass is 16.7. The zero-order chi connectivity index (χ0) is 44.8. The summed E-state index contributed by atoms with van der Waals surface area (Å²) in [5.74, 6) is -3.97. The number of aromatic nitrogens is 1. The minimum absolute atomic E-state index is 0.140. The quantitative estimate of drug-likeness (QED) is 0.0652. The molecule has 1 aromatic heterocycles. The summed E-state index contributed by atoms with van der Waals surface area (Å²) in [4.78, 5) is 76.5. The Kier molecular flexibility index (Phi) is 17.4. The number of aromatic hydroxyl groups is 1. The first kappa shape index (κ1) is 47.4. The second kappa shape index (κ2) is 22.3. The van der Waals surface area contributed by atoms with Gasteiger partial charge in [0, 0.05) is 51.9 Å². The molecule has 2 aromatic carbocycles. The van der Waals surface area contributed by atoms with E-state index < -0.39 is 72.7 Å². The van der Waals surface area contributed by atoms with Gasteiger partial charge in [-0.1, -0.05) is 39.0 Å². The normalized spacial score (nSPS) is 18.5. The lowest BCUT2D eigenvalue weighted by atomic mass is 9.98. The first-order valence-electron chi connectivity index (χ1n) is 19.8. The van der Waals surface area contributed by atoms with Crippen LogP contribution in [-0.2, 0) is 54.7 Å². The van der Waals surface area contributed by atoms with Crippen LogP contribution in [0.4, 0.5) is 5.69 Å². The van der Waals surface area contributed by atoms with Crippen LogP contribution in [0.2, 0.25) is 0 Å². The van der Waals surface area contributed by atoms with E-state index in [1.165, 1.54) is 56.2 Å². The van der Waals surface area contributed by atoms with Crippen molar-refractivity contribution in [3.8, 4) is 28.7 Å². The molecule has 2 N–H and O–H groups in total. The van der Waals surface area contributed by atoms with Crippen LogP contribution < -0.4 is 29.8 Å². The zero-order valence-corrected chi connectivity index (χ0v) is 35.6. The lowest BCUT2D eigenvalue weighted by Crippen LogP contribution is -2.63. The second-order valence-electron chi connectivity index (χ2n) is 14.2. The Labute approximate surface area is 352 Å². The molecule has 4 rings (SSSR count). The van der Waals surface area contributed by atoms with Gasteiger partial charge in [-0.2, -0.15) is 0 Å². The lowest BCUT2D eigenvalue weighted by Gasteiger charge is -2.44. The number of pyridine rings is 1. The number of carbonyl (C=O) groups is 5. The molecule has 1 aliphatic rings. The standard InChI is InChI=1S/C43H54N2O16/c1-9-10-11-12-13-14-19-55-40-37(61-43-41(59-27(5)49)39(58-26(4)48)38(57-25(3)47)34(60-43)23-56-24(2)46)30-17-16-29(22-31(30)45(6)42(40)52)44-35(50)18-15-28-20-32(53-7)36(51)33(21-28)54-8/h15-18,20-22,34,38-39,41,43,51H,9-14,19,23H2,1-8H3,(H,44,50)/b18-15+/t34-,38+,39+,41-,43+/m1/s1. The molecule has 0 saturated carbocycles. The Morgan fingerprint density at radius 3 is 2.02 bits per heavy atom. The molecule has 18 nitrogen and oxygen atoms in total. The molecule has 0 unspecified atom stereocenters. The number of phenols is 1. The van der Waals surface area contributed by atoms with Crippen molar-refractivity contribution in [1.82, 2.24) is 4.57 Å². The summed E-state index contributed by atoms with van der Waals surface area (Å²) in [5, 5.41) is 13.3. The van der Waals surface area contributed by atoms with E-state index >= 15 is 0 Å². The molecule has 2 heterocycles. The molecule has 0 aliphatic carbocycles. The van der Waals surface area contributed by atoms with E-state index in [9.17, 15) is 33.9 Å². The Hall–Kier alpha value is -6.30. The van der Waals surface area contributed by atoms with Crippen molar-refractivity contribution in [1.29, 1.82) is 0 Å². The van der Waals surface area contributed by atoms with Crippen LogP contribution in [0.1, 0.15) is 78.7 Å². The van der Waals surface area contributed by atoms with Crippen LogP contribution in [0.15, 0.2) is 41.2 Å². The van der Waals surface area contributed by atoms with Crippen LogP contribution in [0.25, 0.3) is 17.0 Å². The highest BCUT2D eigenvalue weighted by Gasteiger charge is 2.53. The number of nitrogens with zero attached hydrogens (tertiary/aromatic N) is 1. The van der Waals surface area contributed by atoms with Crippen LogP contribution in [-0.4, -0.2) is 97.6 Å². The number of anilines is 1. The van der Waals surface area contributed by atoms with Crippen molar-refractivity contribution in [2.45, 2.75) is 104 Å². The van der Waals surface area contributed by atoms with Crippen molar-refractivity contribution in [3.63, 3.8) is 0 Å². The number of benzene rings is 2. The Bertz CT molecular complexity index is 2120. The molecule has 0 spiro atoms. The average molecular weight is 855 g/mol. The van der Waals surface area contributed by atoms with E-state index in [1.54, 1.807) is 12.1 Å². The molecule has 5 atom stereocenters. The van der Waals surface area contributed by atoms with Gasteiger partial charge in [0.25, 0.3) is 5.56 Å². The van der Waals surface area contributed by atoms with Gasteiger partial charge in [-0.15, -0.1) is 0 Å². The summed E-state index contributed by atoms with van der Waals surface area (Å²) in [6.45, 7) is 6.21. The molecule has 18 heteroatoms. The molecule has 1 aliphatic heterocycles. The number of unbranched alkanes of at least 4 members (excludes halogenated alkanes) is 5. The summed E-state index contributed by atoms with van der Waals surface area (Å²) >= 11 is 0. The van der Waals surface area contributed by atoms with Gasteiger partial charge in [0.05, 0.1) is 26.3 Å². The summed E-state index contributed by atoms with van der Waals surface area (Å²) in [6.07, 6.45) is 0.855. The van der Waals surface area contributed by atoms with Gasteiger partial charge in [0.15, 0.2) is 29.5 Å². The maximum absolute atomic E-state index is 14.2. The van der Waals surface area contributed by atoms with Crippen molar-refractivity contribution < 1.29 is 71.7 Å². The second-order valence-corrected chi connectivity index (χ2v) is 14.2. The third-order valence-electron chi connectivity index (χ3n) is 9.43. The topological polar surface area (TPSA) is 223 Å². The maximum atomic E-state index is 14.2. The summed E-state index contributed by atoms with van der Waals surface area (Å²) in [6, 6.07) is 7.70. The molecule has 61 heavy (non-hydrogen) atoms. The fourth-order valence-corrected chi connectivity index (χ4v) is 6.63. The highest BCUT2D eigenvalue weighted by molar-refractivity contribution is 6.03. The minimum atomic E-state index is -1.67. The van der Waals surface area contributed by atoms with E-state index in [-0.39, 0.29) is 46.6 Å². The number of aryl methyl sites for hydroxylation is 1. The molecular formula is C43H54N2O16. The smallest absolute Gasteiger partial charge is 0.303 e. The fourth-order valence-electron chi connectivity index (χ4n) is 6.63. The van der Waals surface area contributed by atoms with Gasteiger partial charge in [-0.3, -0.25) is 28.8 Å². The van der Waals surface area contributed by atoms with Gasteiger partial charge >= 0.3 is 23.9 Å². The van der Waals surface area contributed by atoms with Crippen molar-refractivity contribution in [3.05, 3.63) is 52.3 Å². The largest absolute Gasteiger partial charge is 0.502 e. The van der Waals surface area contributed by atoms with Crippen molar-refractivity contribution in [2.24, 2.45) is 7.05 Å². The first-order valence-corrected chi connectivity index (χ1v) is 19.8. The van der Waals surface area contributed by atoms with E-state index in [2.05, 4.69) is 12.2 Å². The number of phenolic OH excluding ortho intramolecular Hbond substituents is 1. The van der Waals surface area contributed by atoms with E-state index in [0.29, 0.717) is 17.4 Å². The van der Waals surface area contributed by atoms with Gasteiger partial charge in [-0.25, -0.2) is 0 Å². The Morgan fingerprint density at radius 1 is 0.803 bits per heavy atom. The van der Waals surface area contributed by atoms with E-state index in [4.69, 9.17) is 42.6 Å². The Balaban J connectivity index is 1.79. The summed E-state index contributed by atoms with van der Waals surface area (Å²) < 4.78 is 52.4. The van der Waals surface area contributed by atoms with Crippen molar-refractivity contribution in [2.75, 3.05) is 32.8 Å². The number of esters is 4. The van der Waals surface area contributed by atoms with Crippen LogP contribution in [0.5, 0.6) is 28.7 Å². The van der Waals surface area contributed by atoms with E-state index in [0.717, 1.165) is 59.8 Å². The van der Waals surface area contributed by atoms with Crippen molar-refractivity contribution >= 4 is 52.5 Å². The van der Waals surface area contributed by atoms with Gasteiger partial charge in [-0.05, 0) is 48.4 Å². The molecule has 1 amide bonds. The van der Waals surface area contributed by atoms with E-state index in [1.807, 2.05) is 0 Å². The number of carbonyl (C=O) groups excluding carboxylic acids is 5. The number of rotatable bonds is 20. The number of hydrogen-bond acceptors (Lipinski definition) is 16. The Morgan fingerprint density at radius 2 is 1.41 bits per heavy atom. The fraction of sp³-hybridized carbons (Fsp3) is 0.488. The molecule has 0 radical (unpaired) electrons. The predicted molar refractivity (Wildman–Crippen MR) is 220 cm³/mol. The molecule has 0 bridgehead atoms. The number of nitrogens with one attached hydrogen (secondary N) is 1. The number of amides is 1. The average Bonchev–Trinajstić information content (AvgIpc) is 3.20. The molecule has 1 fully saturated rings.